The lowest BCUT2D eigenvalue weighted by Crippen LogP contribution is -2.46. The van der Waals surface area contributed by atoms with E-state index in [2.05, 4.69) is 20.4 Å². The van der Waals surface area contributed by atoms with Crippen molar-refractivity contribution in [2.24, 2.45) is 0 Å². The zero-order valence-electron chi connectivity index (χ0n) is 27.1. The predicted molar refractivity (Wildman–Crippen MR) is 174 cm³/mol. The van der Waals surface area contributed by atoms with Crippen LogP contribution in [0.15, 0.2) is 35.4 Å². The van der Waals surface area contributed by atoms with Gasteiger partial charge in [-0.3, -0.25) is 14.4 Å². The van der Waals surface area contributed by atoms with Gasteiger partial charge in [0.2, 0.25) is 11.7 Å². The maximum atomic E-state index is 14.4. The van der Waals surface area contributed by atoms with Crippen LogP contribution in [0.3, 0.4) is 0 Å². The number of benzene rings is 1. The Labute approximate surface area is 287 Å². The third kappa shape index (κ3) is 5.79. The van der Waals surface area contributed by atoms with Crippen LogP contribution < -0.4 is 10.9 Å². The van der Waals surface area contributed by atoms with Crippen LogP contribution in [-0.2, 0) is 27.7 Å². The highest BCUT2D eigenvalue weighted by molar-refractivity contribution is 6.33. The molecule has 1 spiro atoms. The highest BCUT2D eigenvalue weighted by atomic mass is 35.5. The summed E-state index contributed by atoms with van der Waals surface area (Å²) in [7, 11) is 0. The second-order valence-electron chi connectivity index (χ2n) is 12.9. The van der Waals surface area contributed by atoms with Gasteiger partial charge in [0, 0.05) is 29.8 Å². The molecule has 13 nitrogen and oxygen atoms in total. The Balaban J connectivity index is 1.26. The molecule has 17 heteroatoms. The smallest absolute Gasteiger partial charge is 0.416 e. The Morgan fingerprint density at radius 3 is 2.64 bits per heavy atom. The third-order valence-electron chi connectivity index (χ3n) is 9.82. The molecule has 3 aromatic heterocycles. The lowest BCUT2D eigenvalue weighted by Gasteiger charge is -2.39. The zero-order valence-corrected chi connectivity index (χ0v) is 27.8. The number of likely N-dealkylation sites (tertiary alicyclic amines) is 1. The van der Waals surface area contributed by atoms with Crippen molar-refractivity contribution >= 4 is 40.5 Å². The van der Waals surface area contributed by atoms with E-state index in [1.807, 2.05) is 13.0 Å². The van der Waals surface area contributed by atoms with Gasteiger partial charge >= 0.3 is 6.18 Å². The van der Waals surface area contributed by atoms with E-state index >= 15 is 0 Å². The average molecular weight is 713 g/mol. The van der Waals surface area contributed by atoms with Crippen molar-refractivity contribution in [2.75, 3.05) is 31.6 Å². The lowest BCUT2D eigenvalue weighted by atomic mass is 9.73. The summed E-state index contributed by atoms with van der Waals surface area (Å²) in [6.45, 7) is 4.60. The summed E-state index contributed by atoms with van der Waals surface area (Å²) in [6, 6.07) is 2.67. The van der Waals surface area contributed by atoms with Crippen LogP contribution in [0.4, 0.5) is 18.9 Å². The number of anilines is 1. The number of aromatic hydroxyl groups is 1. The second kappa shape index (κ2) is 12.5. The summed E-state index contributed by atoms with van der Waals surface area (Å²) >= 11 is 6.14. The van der Waals surface area contributed by atoms with E-state index in [9.17, 15) is 32.7 Å². The van der Waals surface area contributed by atoms with Gasteiger partial charge in [0.1, 0.15) is 12.9 Å². The van der Waals surface area contributed by atoms with Crippen LogP contribution in [0.5, 0.6) is 5.75 Å². The second-order valence-corrected chi connectivity index (χ2v) is 13.3. The topological polar surface area (TPSA) is 157 Å². The highest BCUT2D eigenvalue weighted by Crippen LogP contribution is 2.50. The van der Waals surface area contributed by atoms with Gasteiger partial charge in [0.15, 0.2) is 17.3 Å². The number of aromatic nitrogens is 6. The number of carbonyl (C=O) groups excluding carboxylic acids is 2. The summed E-state index contributed by atoms with van der Waals surface area (Å²) in [5.74, 6) is -1.04. The van der Waals surface area contributed by atoms with Crippen LogP contribution in [0.25, 0.3) is 11.4 Å². The van der Waals surface area contributed by atoms with Gasteiger partial charge in [-0.05, 0) is 62.3 Å². The van der Waals surface area contributed by atoms with Gasteiger partial charge in [-0.2, -0.15) is 22.7 Å². The maximum Gasteiger partial charge on any atom is 0.416 e. The van der Waals surface area contributed by atoms with Crippen LogP contribution in [0.2, 0.25) is 5.02 Å². The van der Waals surface area contributed by atoms with Crippen molar-refractivity contribution in [2.45, 2.75) is 63.6 Å². The molecule has 1 aliphatic carbocycles. The first-order chi connectivity index (χ1) is 23.8. The number of piperidine rings is 1. The summed E-state index contributed by atoms with van der Waals surface area (Å²) in [4.78, 5) is 55.6. The Bertz CT molecular complexity index is 2140. The van der Waals surface area contributed by atoms with Crippen molar-refractivity contribution in [3.05, 3.63) is 80.0 Å². The SMILES string of the molecule is Cc1ncnc(C(=O)N2CCC3(CC2)C[C@H](C)c2c3c(=O)n3nc(C4=CCOCC4)nc3n2CC(=O)Nc2ccc(C(F)(F)F)cc2Cl)c1O. The van der Waals surface area contributed by atoms with E-state index in [1.165, 1.54) is 10.8 Å². The van der Waals surface area contributed by atoms with E-state index in [4.69, 9.17) is 21.3 Å². The first-order valence-electron chi connectivity index (χ1n) is 16.0. The van der Waals surface area contributed by atoms with E-state index in [0.717, 1.165) is 23.8 Å². The number of nitrogens with one attached hydrogen (secondary N) is 1. The molecular weight excluding hydrogens is 681 g/mol. The van der Waals surface area contributed by atoms with Crippen LogP contribution in [0, 0.1) is 6.92 Å². The number of alkyl halides is 3. The molecule has 1 aromatic carbocycles. The summed E-state index contributed by atoms with van der Waals surface area (Å²) in [5.41, 5.74) is 0.126. The molecular formula is C33H32ClF3N8O5. The average Bonchev–Trinajstić information content (AvgIpc) is 3.65. The van der Waals surface area contributed by atoms with Crippen LogP contribution in [-0.4, -0.2) is 77.3 Å². The van der Waals surface area contributed by atoms with Crippen molar-refractivity contribution in [1.82, 2.24) is 34.0 Å². The fraction of sp³-hybridized carbons (Fsp3) is 0.424. The van der Waals surface area contributed by atoms with Gasteiger partial charge in [-0.25, -0.2) is 9.97 Å². The largest absolute Gasteiger partial charge is 0.504 e. The fourth-order valence-corrected chi connectivity index (χ4v) is 7.61. The van der Waals surface area contributed by atoms with Gasteiger partial charge in [0.05, 0.1) is 35.2 Å². The number of amides is 2. The van der Waals surface area contributed by atoms with Crippen LogP contribution >= 0.6 is 11.6 Å². The molecule has 262 valence electrons. The molecule has 50 heavy (non-hydrogen) atoms. The van der Waals surface area contributed by atoms with Crippen molar-refractivity contribution in [3.8, 4) is 5.75 Å². The zero-order chi connectivity index (χ0) is 35.5. The molecule has 0 radical (unpaired) electrons. The molecule has 1 atom stereocenters. The minimum Gasteiger partial charge on any atom is -0.504 e. The number of hydrogen-bond acceptors (Lipinski definition) is 9. The molecule has 0 unspecified atom stereocenters. The number of halogens is 4. The van der Waals surface area contributed by atoms with E-state index in [0.29, 0.717) is 56.0 Å². The minimum absolute atomic E-state index is 0.000583. The van der Waals surface area contributed by atoms with Gasteiger partial charge in [-0.15, -0.1) is 5.10 Å². The highest BCUT2D eigenvalue weighted by Gasteiger charge is 2.49. The normalized spacial score (nSPS) is 18.7. The fourth-order valence-electron chi connectivity index (χ4n) is 7.38. The van der Waals surface area contributed by atoms with E-state index in [1.54, 1.807) is 16.4 Å². The molecule has 7 rings (SSSR count). The molecule has 1 saturated heterocycles. The van der Waals surface area contributed by atoms with Crippen molar-refractivity contribution < 1.29 is 32.6 Å². The Morgan fingerprint density at radius 2 is 1.96 bits per heavy atom. The molecule has 2 amide bonds. The summed E-state index contributed by atoms with van der Waals surface area (Å²) < 4.78 is 47.9. The minimum atomic E-state index is -4.61. The molecule has 3 aliphatic rings. The molecule has 4 aromatic rings. The van der Waals surface area contributed by atoms with Gasteiger partial charge in [0.25, 0.3) is 11.5 Å². The predicted octanol–water partition coefficient (Wildman–Crippen LogP) is 4.49. The number of carbonyl (C=O) groups is 2. The first-order valence-corrected chi connectivity index (χ1v) is 16.4. The monoisotopic (exact) mass is 712 g/mol. The summed E-state index contributed by atoms with van der Waals surface area (Å²) in [5, 5.41) is 17.4. The standard InChI is InChI=1S/C33H32ClF3N8O5/c1-17-14-32(7-9-43(10-8-32)30(49)25-27(47)18(2)38-16-39-25)24-26(17)44(15-23(46)40-22-4-3-20(13-21(22)34)33(35,36)37)31-41-28(42-45(31)29(24)48)19-5-11-50-12-6-19/h3-5,13,16-17,47H,6-12,14-15H2,1-2H3,(H,40,46)/t17-/m0/s1. The Hall–Kier alpha value is -4.83. The number of hydrogen-bond donors (Lipinski definition) is 2. The quantitative estimate of drug-likeness (QED) is 0.304. The van der Waals surface area contributed by atoms with Gasteiger partial charge < -0.3 is 24.6 Å². The lowest BCUT2D eigenvalue weighted by molar-refractivity contribution is -0.137. The Kier molecular flexibility index (Phi) is 8.41. The van der Waals surface area contributed by atoms with E-state index in [-0.39, 0.29) is 64.7 Å². The molecule has 0 saturated carbocycles. The first kappa shape index (κ1) is 33.7. The maximum absolute atomic E-state index is 14.4. The number of nitrogens with zero attached hydrogens (tertiary/aromatic N) is 7. The Morgan fingerprint density at radius 1 is 1.20 bits per heavy atom. The number of ether oxygens (including phenoxy) is 1. The number of rotatable bonds is 5. The molecule has 1 fully saturated rings. The summed E-state index contributed by atoms with van der Waals surface area (Å²) in [6.07, 6.45) is 0.411. The third-order valence-corrected chi connectivity index (χ3v) is 10.1. The molecule has 5 heterocycles. The molecule has 2 N–H and O–H groups in total. The van der Waals surface area contributed by atoms with E-state index < -0.39 is 29.0 Å². The van der Waals surface area contributed by atoms with Gasteiger partial charge in [-0.1, -0.05) is 24.6 Å². The van der Waals surface area contributed by atoms with Crippen molar-refractivity contribution in [1.29, 1.82) is 0 Å². The number of fused-ring (bicyclic) bond motifs is 3. The number of aryl methyl sites for hydroxylation is 1. The van der Waals surface area contributed by atoms with Crippen molar-refractivity contribution in [3.63, 3.8) is 0 Å². The molecule has 0 bridgehead atoms. The molecule has 2 aliphatic heterocycles. The van der Waals surface area contributed by atoms with Crippen LogP contribution in [0.1, 0.15) is 77.4 Å².